The largest absolute Gasteiger partial charge is 0.485 e. The molecule has 0 bridgehead atoms. The van der Waals surface area contributed by atoms with E-state index in [1.54, 1.807) is 18.2 Å². The predicted octanol–water partition coefficient (Wildman–Crippen LogP) is 4.43. The number of rotatable bonds is 6. The van der Waals surface area contributed by atoms with Crippen molar-refractivity contribution in [2.75, 3.05) is 6.61 Å². The van der Waals surface area contributed by atoms with E-state index in [4.69, 9.17) is 4.74 Å². The molecule has 0 amide bonds. The standard InChI is InChI=1S/C21H16F2O4S/c1-14(24)13-27-20-9-8-16(22)12-18(20)15-7-10-21(19(23)11-15)28(25,26)17-5-3-2-4-6-17/h2-12H,13H2,1H3. The fourth-order valence-electron chi connectivity index (χ4n) is 2.65. The number of halogens is 2. The van der Waals surface area contributed by atoms with Crippen molar-refractivity contribution in [3.63, 3.8) is 0 Å². The summed E-state index contributed by atoms with van der Waals surface area (Å²) in [5.74, 6) is -1.59. The van der Waals surface area contributed by atoms with E-state index in [0.717, 1.165) is 24.3 Å². The lowest BCUT2D eigenvalue weighted by Gasteiger charge is -2.12. The first-order valence-corrected chi connectivity index (χ1v) is 9.79. The molecule has 0 saturated heterocycles. The first kappa shape index (κ1) is 19.7. The van der Waals surface area contributed by atoms with Gasteiger partial charge in [0.25, 0.3) is 0 Å². The van der Waals surface area contributed by atoms with Crippen LogP contribution in [0.4, 0.5) is 8.78 Å². The molecule has 0 unspecified atom stereocenters. The predicted molar refractivity (Wildman–Crippen MR) is 99.9 cm³/mol. The van der Waals surface area contributed by atoms with Crippen molar-refractivity contribution >= 4 is 15.6 Å². The molecule has 0 saturated carbocycles. The Morgan fingerprint density at radius 2 is 1.68 bits per heavy atom. The highest BCUT2D eigenvalue weighted by Crippen LogP contribution is 2.33. The number of sulfone groups is 1. The van der Waals surface area contributed by atoms with Gasteiger partial charge in [-0.15, -0.1) is 0 Å². The number of hydrogen-bond donors (Lipinski definition) is 0. The molecule has 0 N–H and O–H groups in total. The Bertz CT molecular complexity index is 1130. The zero-order valence-corrected chi connectivity index (χ0v) is 15.7. The smallest absolute Gasteiger partial charge is 0.209 e. The van der Waals surface area contributed by atoms with E-state index >= 15 is 0 Å². The molecule has 0 heterocycles. The summed E-state index contributed by atoms with van der Waals surface area (Å²) < 4.78 is 59.0. The Morgan fingerprint density at radius 1 is 0.964 bits per heavy atom. The van der Waals surface area contributed by atoms with Gasteiger partial charge in [0.2, 0.25) is 9.84 Å². The fourth-order valence-corrected chi connectivity index (χ4v) is 3.98. The highest BCUT2D eigenvalue weighted by Gasteiger charge is 2.22. The van der Waals surface area contributed by atoms with Crippen LogP contribution < -0.4 is 4.74 Å². The second kappa shape index (κ2) is 7.90. The van der Waals surface area contributed by atoms with Crippen molar-refractivity contribution in [1.82, 2.24) is 0 Å². The Morgan fingerprint density at radius 3 is 2.32 bits per heavy atom. The van der Waals surface area contributed by atoms with E-state index in [-0.39, 0.29) is 34.2 Å². The van der Waals surface area contributed by atoms with E-state index in [1.807, 2.05) is 0 Å². The Balaban J connectivity index is 2.04. The Labute approximate surface area is 161 Å². The van der Waals surface area contributed by atoms with E-state index in [2.05, 4.69) is 0 Å². The minimum atomic E-state index is -4.03. The van der Waals surface area contributed by atoms with E-state index < -0.39 is 26.4 Å². The third kappa shape index (κ3) is 4.09. The van der Waals surface area contributed by atoms with Crippen molar-refractivity contribution in [2.24, 2.45) is 0 Å². The van der Waals surface area contributed by atoms with Gasteiger partial charge in [0.05, 0.1) is 4.90 Å². The summed E-state index contributed by atoms with van der Waals surface area (Å²) in [5, 5.41) is 0. The van der Waals surface area contributed by atoms with Crippen molar-refractivity contribution in [1.29, 1.82) is 0 Å². The third-order valence-corrected chi connectivity index (χ3v) is 5.76. The minimum Gasteiger partial charge on any atom is -0.485 e. The second-order valence-electron chi connectivity index (χ2n) is 6.09. The molecule has 0 radical (unpaired) electrons. The number of carbonyl (C=O) groups is 1. The van der Waals surface area contributed by atoms with Crippen molar-refractivity contribution in [3.05, 3.63) is 78.4 Å². The van der Waals surface area contributed by atoms with Gasteiger partial charge in [-0.1, -0.05) is 24.3 Å². The summed E-state index contributed by atoms with van der Waals surface area (Å²) in [6.07, 6.45) is 0. The maximum Gasteiger partial charge on any atom is 0.209 e. The summed E-state index contributed by atoms with van der Waals surface area (Å²) in [6, 6.07) is 14.6. The highest BCUT2D eigenvalue weighted by atomic mass is 32.2. The van der Waals surface area contributed by atoms with Gasteiger partial charge in [-0.05, 0) is 55.0 Å². The normalized spacial score (nSPS) is 11.2. The Hall–Kier alpha value is -3.06. The molecule has 0 aliphatic rings. The van der Waals surface area contributed by atoms with Crippen LogP contribution in [-0.4, -0.2) is 20.8 Å². The molecule has 3 rings (SSSR count). The van der Waals surface area contributed by atoms with E-state index in [0.29, 0.717) is 0 Å². The molecule has 144 valence electrons. The quantitative estimate of drug-likeness (QED) is 0.612. The van der Waals surface area contributed by atoms with Crippen LogP contribution in [0.15, 0.2) is 76.5 Å². The molecule has 0 aromatic heterocycles. The number of ketones is 1. The van der Waals surface area contributed by atoms with Crippen LogP contribution in [-0.2, 0) is 14.6 Å². The molecule has 0 spiro atoms. The number of ether oxygens (including phenoxy) is 1. The summed E-state index contributed by atoms with van der Waals surface area (Å²) in [5.41, 5.74) is 0.436. The van der Waals surface area contributed by atoms with Crippen molar-refractivity contribution < 1.29 is 26.7 Å². The monoisotopic (exact) mass is 402 g/mol. The molecular formula is C21H16F2O4S. The molecular weight excluding hydrogens is 386 g/mol. The number of benzene rings is 3. The summed E-state index contributed by atoms with van der Waals surface area (Å²) in [4.78, 5) is 10.6. The zero-order valence-electron chi connectivity index (χ0n) is 14.9. The molecule has 0 atom stereocenters. The van der Waals surface area contributed by atoms with Crippen LogP contribution in [0.3, 0.4) is 0 Å². The average Bonchev–Trinajstić information content (AvgIpc) is 2.67. The van der Waals surface area contributed by atoms with Gasteiger partial charge in [0, 0.05) is 5.56 Å². The van der Waals surface area contributed by atoms with Gasteiger partial charge in [0.1, 0.15) is 28.9 Å². The molecule has 28 heavy (non-hydrogen) atoms. The van der Waals surface area contributed by atoms with Crippen LogP contribution in [0.1, 0.15) is 6.92 Å². The first-order chi connectivity index (χ1) is 13.3. The van der Waals surface area contributed by atoms with Gasteiger partial charge in [-0.3, -0.25) is 4.79 Å². The minimum absolute atomic E-state index is 0.0297. The van der Waals surface area contributed by atoms with Gasteiger partial charge >= 0.3 is 0 Å². The number of carbonyl (C=O) groups excluding carboxylic acids is 1. The van der Waals surface area contributed by atoms with Gasteiger partial charge < -0.3 is 4.74 Å². The maximum absolute atomic E-state index is 14.7. The van der Waals surface area contributed by atoms with E-state index in [9.17, 15) is 22.0 Å². The second-order valence-corrected chi connectivity index (χ2v) is 8.01. The lowest BCUT2D eigenvalue weighted by molar-refractivity contribution is -0.118. The molecule has 7 heteroatoms. The van der Waals surface area contributed by atoms with Crippen molar-refractivity contribution in [3.8, 4) is 16.9 Å². The van der Waals surface area contributed by atoms with Crippen molar-refractivity contribution in [2.45, 2.75) is 16.7 Å². The lowest BCUT2D eigenvalue weighted by atomic mass is 10.0. The van der Waals surface area contributed by atoms with Crippen LogP contribution >= 0.6 is 0 Å². The van der Waals surface area contributed by atoms with Gasteiger partial charge in [0.15, 0.2) is 5.78 Å². The van der Waals surface area contributed by atoms with Crippen LogP contribution in [0, 0.1) is 11.6 Å². The molecule has 0 fully saturated rings. The van der Waals surface area contributed by atoms with Gasteiger partial charge in [-0.25, -0.2) is 17.2 Å². The topological polar surface area (TPSA) is 60.4 Å². The number of hydrogen-bond acceptors (Lipinski definition) is 4. The van der Waals surface area contributed by atoms with Gasteiger partial charge in [-0.2, -0.15) is 0 Å². The number of Topliss-reactive ketones (excluding diaryl/α,β-unsaturated/α-hetero) is 1. The highest BCUT2D eigenvalue weighted by molar-refractivity contribution is 7.91. The van der Waals surface area contributed by atoms with Crippen LogP contribution in [0.5, 0.6) is 5.75 Å². The summed E-state index contributed by atoms with van der Waals surface area (Å²) >= 11 is 0. The molecule has 4 nitrogen and oxygen atoms in total. The molecule has 3 aromatic carbocycles. The zero-order chi connectivity index (χ0) is 20.3. The summed E-state index contributed by atoms with van der Waals surface area (Å²) in [7, 11) is -4.03. The molecule has 3 aromatic rings. The summed E-state index contributed by atoms with van der Waals surface area (Å²) in [6.45, 7) is 1.12. The molecule has 0 aliphatic heterocycles. The average molecular weight is 402 g/mol. The fraction of sp³-hybridized carbons (Fsp3) is 0.0952. The Kier molecular flexibility index (Phi) is 5.56. The maximum atomic E-state index is 14.7. The molecule has 0 aliphatic carbocycles. The SMILES string of the molecule is CC(=O)COc1ccc(F)cc1-c1ccc(S(=O)(=O)c2ccccc2)c(F)c1. The third-order valence-electron chi connectivity index (χ3n) is 3.96. The lowest BCUT2D eigenvalue weighted by Crippen LogP contribution is -2.08. The van der Waals surface area contributed by atoms with Crippen LogP contribution in [0.2, 0.25) is 0 Å². The van der Waals surface area contributed by atoms with E-state index in [1.165, 1.54) is 31.2 Å². The first-order valence-electron chi connectivity index (χ1n) is 8.31. The van der Waals surface area contributed by atoms with Crippen LogP contribution in [0.25, 0.3) is 11.1 Å².